The van der Waals surface area contributed by atoms with Gasteiger partial charge in [-0.15, -0.1) is 0 Å². The topological polar surface area (TPSA) is 77.1 Å². The fourth-order valence-electron chi connectivity index (χ4n) is 4.51. The van der Waals surface area contributed by atoms with Crippen LogP contribution in [0.1, 0.15) is 48.3 Å². The van der Waals surface area contributed by atoms with E-state index in [0.717, 1.165) is 32.2 Å². The third-order valence-corrected chi connectivity index (χ3v) is 6.56. The van der Waals surface area contributed by atoms with Crippen molar-refractivity contribution in [2.45, 2.75) is 46.1 Å². The van der Waals surface area contributed by atoms with E-state index in [1.165, 1.54) is 5.56 Å². The van der Waals surface area contributed by atoms with Gasteiger partial charge in [0, 0.05) is 35.0 Å². The first-order chi connectivity index (χ1) is 15.2. The second-order valence-corrected chi connectivity index (χ2v) is 8.73. The summed E-state index contributed by atoms with van der Waals surface area (Å²) in [5.41, 5.74) is 4.64. The molecule has 0 aliphatic heterocycles. The van der Waals surface area contributed by atoms with E-state index in [4.69, 9.17) is 11.6 Å². The van der Waals surface area contributed by atoms with Crippen LogP contribution in [0.4, 0.5) is 0 Å². The van der Waals surface area contributed by atoms with Gasteiger partial charge in [-0.25, -0.2) is 9.48 Å². The molecule has 6 nitrogen and oxygen atoms in total. The van der Waals surface area contributed by atoms with Gasteiger partial charge >= 0.3 is 5.97 Å². The highest BCUT2D eigenvalue weighted by Gasteiger charge is 2.24. The summed E-state index contributed by atoms with van der Waals surface area (Å²) in [4.78, 5) is 25.1. The first kappa shape index (κ1) is 22.1. The first-order valence-electron chi connectivity index (χ1n) is 10.7. The molecule has 2 aromatic heterocycles. The van der Waals surface area contributed by atoms with Crippen LogP contribution >= 0.6 is 11.6 Å². The summed E-state index contributed by atoms with van der Waals surface area (Å²) in [5.74, 6) is -1.05. The lowest BCUT2D eigenvalue weighted by atomic mass is 10.0. The van der Waals surface area contributed by atoms with Crippen molar-refractivity contribution < 1.29 is 9.90 Å². The maximum Gasteiger partial charge on any atom is 0.328 e. The molecule has 0 saturated heterocycles. The zero-order chi connectivity index (χ0) is 23.2. The number of carbonyl (C=O) groups is 1. The van der Waals surface area contributed by atoms with E-state index in [2.05, 4.69) is 23.5 Å². The van der Waals surface area contributed by atoms with Crippen LogP contribution in [0.3, 0.4) is 0 Å². The molecule has 166 valence electrons. The molecule has 7 heteroatoms. The number of carboxylic acids is 1. The molecule has 4 rings (SSSR count). The summed E-state index contributed by atoms with van der Waals surface area (Å²) < 4.78 is 3.29. The minimum atomic E-state index is -1.05. The van der Waals surface area contributed by atoms with Crippen LogP contribution in [0.2, 0.25) is 5.02 Å². The number of hydrogen-bond acceptors (Lipinski definition) is 3. The summed E-state index contributed by atoms with van der Waals surface area (Å²) in [5, 5.41) is 17.3. The SMILES string of the molecule is CCCC(C(=O)O)n1nc(Cc2cc(Cl)cc3c(C)c(C)n(C)c23)c2ccccc2c1=O. The van der Waals surface area contributed by atoms with Crippen molar-refractivity contribution in [2.75, 3.05) is 0 Å². The van der Waals surface area contributed by atoms with Crippen molar-refractivity contribution in [3.8, 4) is 0 Å². The van der Waals surface area contributed by atoms with E-state index < -0.39 is 12.0 Å². The average molecular weight is 452 g/mol. The van der Waals surface area contributed by atoms with E-state index in [9.17, 15) is 14.7 Å². The molecule has 0 amide bonds. The van der Waals surface area contributed by atoms with Crippen LogP contribution in [0, 0.1) is 13.8 Å². The van der Waals surface area contributed by atoms with Crippen LogP contribution in [0.15, 0.2) is 41.2 Å². The fraction of sp³-hybridized carbons (Fsp3) is 0.320. The zero-order valence-corrected chi connectivity index (χ0v) is 19.4. The third kappa shape index (κ3) is 3.58. The van der Waals surface area contributed by atoms with Gasteiger partial charge in [0.15, 0.2) is 6.04 Å². The van der Waals surface area contributed by atoms with Crippen LogP contribution in [0.5, 0.6) is 0 Å². The monoisotopic (exact) mass is 451 g/mol. The molecule has 0 bridgehead atoms. The number of aliphatic carboxylic acids is 1. The van der Waals surface area contributed by atoms with E-state index in [0.29, 0.717) is 35.4 Å². The molecule has 0 aliphatic carbocycles. The third-order valence-electron chi connectivity index (χ3n) is 6.34. The quantitative estimate of drug-likeness (QED) is 0.438. The second-order valence-electron chi connectivity index (χ2n) is 8.29. The largest absolute Gasteiger partial charge is 0.480 e. The van der Waals surface area contributed by atoms with E-state index in [-0.39, 0.29) is 5.56 Å². The van der Waals surface area contributed by atoms with Gasteiger partial charge in [0.05, 0.1) is 16.6 Å². The van der Waals surface area contributed by atoms with Crippen molar-refractivity contribution in [1.29, 1.82) is 0 Å². The smallest absolute Gasteiger partial charge is 0.328 e. The molecule has 4 aromatic rings. The van der Waals surface area contributed by atoms with Gasteiger partial charge in [-0.2, -0.15) is 5.10 Å². The van der Waals surface area contributed by atoms with Gasteiger partial charge in [-0.05, 0) is 49.6 Å². The highest BCUT2D eigenvalue weighted by Crippen LogP contribution is 2.32. The summed E-state index contributed by atoms with van der Waals surface area (Å²) in [7, 11) is 2.02. The van der Waals surface area contributed by atoms with E-state index >= 15 is 0 Å². The number of aryl methyl sites for hydroxylation is 2. The molecule has 1 unspecified atom stereocenters. The number of fused-ring (bicyclic) bond motifs is 2. The van der Waals surface area contributed by atoms with Crippen molar-refractivity contribution in [3.05, 3.63) is 74.3 Å². The van der Waals surface area contributed by atoms with Crippen molar-refractivity contribution in [2.24, 2.45) is 7.05 Å². The lowest BCUT2D eigenvalue weighted by Crippen LogP contribution is -2.33. The van der Waals surface area contributed by atoms with Gasteiger partial charge in [-0.1, -0.05) is 43.1 Å². The Morgan fingerprint density at radius 1 is 1.16 bits per heavy atom. The number of nitrogens with zero attached hydrogens (tertiary/aromatic N) is 3. The van der Waals surface area contributed by atoms with E-state index in [1.807, 2.05) is 38.2 Å². The van der Waals surface area contributed by atoms with Gasteiger partial charge in [0.1, 0.15) is 0 Å². The molecule has 0 radical (unpaired) electrons. The Kier molecular flexibility index (Phi) is 5.82. The zero-order valence-electron chi connectivity index (χ0n) is 18.6. The highest BCUT2D eigenvalue weighted by atomic mass is 35.5. The number of halogens is 1. The first-order valence-corrected chi connectivity index (χ1v) is 11.1. The Hall–Kier alpha value is -3.12. The van der Waals surface area contributed by atoms with Gasteiger partial charge in [-0.3, -0.25) is 4.79 Å². The number of carboxylic acid groups (broad SMARTS) is 1. The highest BCUT2D eigenvalue weighted by molar-refractivity contribution is 6.31. The Balaban J connectivity index is 1.98. The Morgan fingerprint density at radius 2 is 1.84 bits per heavy atom. The lowest BCUT2D eigenvalue weighted by Gasteiger charge is -2.17. The van der Waals surface area contributed by atoms with Crippen LogP contribution in [-0.4, -0.2) is 25.4 Å². The predicted octanol–water partition coefficient (Wildman–Crippen LogP) is 5.18. The molecule has 1 N–H and O–H groups in total. The minimum absolute atomic E-state index is 0.331. The predicted molar refractivity (Wildman–Crippen MR) is 128 cm³/mol. The Morgan fingerprint density at radius 3 is 2.50 bits per heavy atom. The van der Waals surface area contributed by atoms with Crippen LogP contribution in [0.25, 0.3) is 21.7 Å². The summed E-state index contributed by atoms with van der Waals surface area (Å²) in [6.07, 6.45) is 1.38. The second kappa shape index (κ2) is 8.43. The molecule has 0 aliphatic rings. The molecule has 0 fully saturated rings. The molecule has 32 heavy (non-hydrogen) atoms. The minimum Gasteiger partial charge on any atom is -0.480 e. The summed E-state index contributed by atoms with van der Waals surface area (Å²) in [6, 6.07) is 10.1. The van der Waals surface area contributed by atoms with E-state index in [1.54, 1.807) is 12.1 Å². The maximum atomic E-state index is 13.1. The molecule has 1 atom stereocenters. The Bertz CT molecular complexity index is 1420. The number of aromatic nitrogens is 3. The molecule has 0 saturated carbocycles. The molecular formula is C25H26ClN3O3. The van der Waals surface area contributed by atoms with Crippen molar-refractivity contribution in [1.82, 2.24) is 14.3 Å². The van der Waals surface area contributed by atoms with Gasteiger partial charge < -0.3 is 9.67 Å². The summed E-state index contributed by atoms with van der Waals surface area (Å²) >= 11 is 6.47. The Labute approximate surface area is 191 Å². The number of hydrogen-bond donors (Lipinski definition) is 1. The maximum absolute atomic E-state index is 13.1. The van der Waals surface area contributed by atoms with Crippen molar-refractivity contribution in [3.63, 3.8) is 0 Å². The average Bonchev–Trinajstić information content (AvgIpc) is 2.98. The van der Waals surface area contributed by atoms with Gasteiger partial charge in [0.25, 0.3) is 5.56 Å². The standard InChI is InChI=1S/C25H26ClN3O3/c1-5-8-22(25(31)32)29-24(30)19-10-7-6-9-18(19)21(27-29)12-16-11-17(26)13-20-14(2)15(3)28(4)23(16)20/h6-7,9-11,13,22H,5,8,12H2,1-4H3,(H,31,32). The normalized spacial score (nSPS) is 12.5. The van der Waals surface area contributed by atoms with Gasteiger partial charge in [0.2, 0.25) is 0 Å². The fourth-order valence-corrected chi connectivity index (χ4v) is 4.75. The summed E-state index contributed by atoms with van der Waals surface area (Å²) in [6.45, 7) is 6.04. The molecule has 2 aromatic carbocycles. The lowest BCUT2D eigenvalue weighted by molar-refractivity contribution is -0.141. The van der Waals surface area contributed by atoms with Crippen LogP contribution in [-0.2, 0) is 18.3 Å². The number of benzene rings is 2. The van der Waals surface area contributed by atoms with Crippen molar-refractivity contribution >= 4 is 39.2 Å². The number of rotatable bonds is 6. The molecule has 0 spiro atoms. The van der Waals surface area contributed by atoms with Crippen LogP contribution < -0.4 is 5.56 Å². The molecular weight excluding hydrogens is 426 g/mol. The molecule has 2 heterocycles.